The molecule has 0 spiro atoms. The molecule has 28 heavy (non-hydrogen) atoms. The number of hydrogen-bond acceptors (Lipinski definition) is 5. The second-order valence-electron chi connectivity index (χ2n) is 6.39. The van der Waals surface area contributed by atoms with Crippen molar-refractivity contribution in [2.24, 2.45) is 0 Å². The van der Waals surface area contributed by atoms with Gasteiger partial charge in [-0.15, -0.1) is 0 Å². The van der Waals surface area contributed by atoms with Crippen LogP contribution in [-0.2, 0) is 10.0 Å². The van der Waals surface area contributed by atoms with Crippen LogP contribution in [0.2, 0.25) is 5.02 Å². The maximum absolute atomic E-state index is 13.3. The lowest BCUT2D eigenvalue weighted by Gasteiger charge is -2.30. The first-order chi connectivity index (χ1) is 13.3. The predicted molar refractivity (Wildman–Crippen MR) is 103 cm³/mol. The highest BCUT2D eigenvalue weighted by atomic mass is 35.5. The van der Waals surface area contributed by atoms with Gasteiger partial charge in [0, 0.05) is 13.1 Å². The van der Waals surface area contributed by atoms with Gasteiger partial charge in [0.2, 0.25) is 10.0 Å². The molecular weight excluding hydrogens is 430 g/mol. The quantitative estimate of drug-likeness (QED) is 0.596. The Morgan fingerprint density at radius 3 is 2.61 bits per heavy atom. The van der Waals surface area contributed by atoms with Gasteiger partial charge in [0.25, 0.3) is 5.19 Å². The Morgan fingerprint density at radius 1 is 1.14 bits per heavy atom. The molecule has 2 heterocycles. The van der Waals surface area contributed by atoms with Crippen LogP contribution in [0.15, 0.2) is 41.3 Å². The van der Waals surface area contributed by atoms with Gasteiger partial charge >= 0.3 is 0 Å². The molecule has 0 saturated carbocycles. The lowest BCUT2D eigenvalue weighted by molar-refractivity contribution is 0.135. The SMILES string of the molecule is O=S(=O)(c1ccc(F)c(Cl)c1)N1CCC(Oc2nc3ccc(F)cc3s2)CC1. The van der Waals surface area contributed by atoms with Gasteiger partial charge in [-0.1, -0.05) is 22.9 Å². The minimum atomic E-state index is -3.75. The van der Waals surface area contributed by atoms with E-state index in [1.807, 2.05) is 0 Å². The number of sulfonamides is 1. The van der Waals surface area contributed by atoms with Crippen molar-refractivity contribution in [3.05, 3.63) is 53.1 Å². The third-order valence-corrected chi connectivity index (χ3v) is 7.62. The normalized spacial score (nSPS) is 16.5. The third kappa shape index (κ3) is 3.84. The largest absolute Gasteiger partial charge is 0.467 e. The Kier molecular flexibility index (Phi) is 5.26. The van der Waals surface area contributed by atoms with E-state index in [9.17, 15) is 17.2 Å². The van der Waals surface area contributed by atoms with Gasteiger partial charge in [0.05, 0.1) is 20.1 Å². The zero-order chi connectivity index (χ0) is 19.9. The van der Waals surface area contributed by atoms with Crippen LogP contribution in [0.25, 0.3) is 10.2 Å². The van der Waals surface area contributed by atoms with Crippen molar-refractivity contribution in [1.82, 2.24) is 9.29 Å². The molecule has 1 aliphatic rings. The van der Waals surface area contributed by atoms with Crippen molar-refractivity contribution in [1.29, 1.82) is 0 Å². The lowest BCUT2D eigenvalue weighted by Crippen LogP contribution is -2.41. The summed E-state index contributed by atoms with van der Waals surface area (Å²) >= 11 is 6.96. The zero-order valence-electron chi connectivity index (χ0n) is 14.4. The van der Waals surface area contributed by atoms with Gasteiger partial charge in [-0.2, -0.15) is 4.31 Å². The number of piperidine rings is 1. The van der Waals surface area contributed by atoms with Gasteiger partial charge in [0.15, 0.2) is 0 Å². The molecule has 1 saturated heterocycles. The van der Waals surface area contributed by atoms with Crippen LogP contribution < -0.4 is 4.74 Å². The molecule has 0 amide bonds. The molecule has 148 valence electrons. The molecule has 1 aliphatic heterocycles. The molecule has 2 aromatic carbocycles. The van der Waals surface area contributed by atoms with E-state index in [0.29, 0.717) is 28.3 Å². The zero-order valence-corrected chi connectivity index (χ0v) is 16.8. The number of halogens is 3. The fourth-order valence-electron chi connectivity index (χ4n) is 3.05. The van der Waals surface area contributed by atoms with Crippen LogP contribution >= 0.6 is 22.9 Å². The molecule has 0 aliphatic carbocycles. The van der Waals surface area contributed by atoms with Crippen LogP contribution in [0.5, 0.6) is 5.19 Å². The lowest BCUT2D eigenvalue weighted by atomic mass is 10.1. The fourth-order valence-corrected chi connectivity index (χ4v) is 5.69. The summed E-state index contributed by atoms with van der Waals surface area (Å²) in [6, 6.07) is 7.71. The van der Waals surface area contributed by atoms with Crippen LogP contribution in [-0.4, -0.2) is 36.9 Å². The summed E-state index contributed by atoms with van der Waals surface area (Å²) in [6.07, 6.45) is 0.783. The molecule has 5 nitrogen and oxygen atoms in total. The van der Waals surface area contributed by atoms with E-state index in [-0.39, 0.29) is 34.9 Å². The highest BCUT2D eigenvalue weighted by molar-refractivity contribution is 7.89. The standard InChI is InChI=1S/C18H15ClF2N2O3S2/c19-14-10-13(2-3-15(14)21)28(24,25)23-7-5-12(6-8-23)26-18-22-16-4-1-11(20)9-17(16)27-18/h1-4,9-10,12H,5-8H2. The number of ether oxygens (including phenoxy) is 1. The number of rotatable bonds is 4. The Morgan fingerprint density at radius 2 is 1.89 bits per heavy atom. The monoisotopic (exact) mass is 444 g/mol. The van der Waals surface area contributed by atoms with E-state index in [1.165, 1.54) is 33.8 Å². The summed E-state index contributed by atoms with van der Waals surface area (Å²) in [6.45, 7) is 0.531. The predicted octanol–water partition coefficient (Wildman–Crippen LogP) is 4.46. The summed E-state index contributed by atoms with van der Waals surface area (Å²) in [7, 11) is -3.75. The van der Waals surface area contributed by atoms with E-state index in [0.717, 1.165) is 12.1 Å². The number of hydrogen-bond donors (Lipinski definition) is 0. The van der Waals surface area contributed by atoms with Crippen LogP contribution in [0.3, 0.4) is 0 Å². The maximum atomic E-state index is 13.3. The minimum absolute atomic E-state index is 0.0357. The third-order valence-electron chi connectivity index (χ3n) is 4.53. The molecule has 0 radical (unpaired) electrons. The van der Waals surface area contributed by atoms with Gasteiger partial charge in [-0.25, -0.2) is 22.2 Å². The van der Waals surface area contributed by atoms with Crippen molar-refractivity contribution < 1.29 is 21.9 Å². The number of aromatic nitrogens is 1. The number of thiazole rings is 1. The topological polar surface area (TPSA) is 59.5 Å². The molecule has 0 unspecified atom stereocenters. The van der Waals surface area contributed by atoms with Crippen molar-refractivity contribution in [2.75, 3.05) is 13.1 Å². The van der Waals surface area contributed by atoms with Gasteiger partial charge in [0.1, 0.15) is 17.7 Å². The van der Waals surface area contributed by atoms with Crippen molar-refractivity contribution in [3.63, 3.8) is 0 Å². The summed E-state index contributed by atoms with van der Waals surface area (Å²) in [4.78, 5) is 4.29. The van der Waals surface area contributed by atoms with E-state index < -0.39 is 15.8 Å². The maximum Gasteiger partial charge on any atom is 0.274 e. The Bertz CT molecular complexity index is 1130. The Hall–Kier alpha value is -1.81. The van der Waals surface area contributed by atoms with Crippen LogP contribution in [0.4, 0.5) is 8.78 Å². The van der Waals surface area contributed by atoms with Crippen molar-refractivity contribution in [2.45, 2.75) is 23.8 Å². The molecule has 10 heteroatoms. The number of benzene rings is 2. The van der Waals surface area contributed by atoms with Crippen molar-refractivity contribution >= 4 is 43.2 Å². The average molecular weight is 445 g/mol. The highest BCUT2D eigenvalue weighted by Crippen LogP contribution is 2.31. The summed E-state index contributed by atoms with van der Waals surface area (Å²) < 4.78 is 60.0. The molecule has 0 atom stereocenters. The van der Waals surface area contributed by atoms with E-state index in [4.69, 9.17) is 16.3 Å². The first-order valence-corrected chi connectivity index (χ1v) is 11.1. The first kappa shape index (κ1) is 19.5. The first-order valence-electron chi connectivity index (χ1n) is 8.51. The minimum Gasteiger partial charge on any atom is -0.467 e. The molecule has 3 aromatic rings. The van der Waals surface area contributed by atoms with Gasteiger partial charge in [-0.3, -0.25) is 0 Å². The van der Waals surface area contributed by atoms with Gasteiger partial charge < -0.3 is 4.74 Å². The number of fused-ring (bicyclic) bond motifs is 1. The second-order valence-corrected chi connectivity index (χ2v) is 9.73. The van der Waals surface area contributed by atoms with Crippen LogP contribution in [0.1, 0.15) is 12.8 Å². The molecule has 4 rings (SSSR count). The summed E-state index contributed by atoms with van der Waals surface area (Å²) in [5.41, 5.74) is 0.662. The van der Waals surface area contributed by atoms with E-state index >= 15 is 0 Å². The molecule has 1 aromatic heterocycles. The summed E-state index contributed by atoms with van der Waals surface area (Å²) in [5, 5.41) is 0.207. The van der Waals surface area contributed by atoms with E-state index in [2.05, 4.69) is 4.98 Å². The molecule has 0 N–H and O–H groups in total. The Balaban J connectivity index is 1.42. The fraction of sp³-hybridized carbons (Fsp3) is 0.278. The molecule has 1 fully saturated rings. The van der Waals surface area contributed by atoms with E-state index in [1.54, 1.807) is 6.07 Å². The smallest absolute Gasteiger partial charge is 0.274 e. The van der Waals surface area contributed by atoms with Crippen LogP contribution in [0, 0.1) is 11.6 Å². The molecular formula is C18H15ClF2N2O3S2. The summed E-state index contributed by atoms with van der Waals surface area (Å²) in [5.74, 6) is -0.995. The highest BCUT2D eigenvalue weighted by Gasteiger charge is 2.31. The van der Waals surface area contributed by atoms with Gasteiger partial charge in [-0.05, 0) is 49.2 Å². The van der Waals surface area contributed by atoms with Crippen molar-refractivity contribution in [3.8, 4) is 5.19 Å². The average Bonchev–Trinajstić information content (AvgIpc) is 3.05. The Labute approximate surface area is 169 Å². The number of nitrogens with zero attached hydrogens (tertiary/aromatic N) is 2. The second kappa shape index (κ2) is 7.55. The molecule has 0 bridgehead atoms.